The number of aromatic nitrogens is 2. The number of esters is 1. The van der Waals surface area contributed by atoms with Gasteiger partial charge in [0.15, 0.2) is 0 Å². The third-order valence-corrected chi connectivity index (χ3v) is 4.37. The Morgan fingerprint density at radius 3 is 2.50 bits per heavy atom. The molecule has 0 saturated heterocycles. The number of hydrogen-bond donors (Lipinski definition) is 4. The molecule has 2 amide bonds. The molecule has 1 aliphatic rings. The number of carbonyl (C=O) groups excluding carboxylic acids is 3. The second kappa shape index (κ2) is 9.38. The van der Waals surface area contributed by atoms with Crippen LogP contribution in [-0.4, -0.2) is 69.4 Å². The van der Waals surface area contributed by atoms with Gasteiger partial charge in [-0.1, -0.05) is 19.9 Å². The van der Waals surface area contributed by atoms with Crippen molar-refractivity contribution in [3.8, 4) is 0 Å². The lowest BCUT2D eigenvalue weighted by atomic mass is 9.89. The van der Waals surface area contributed by atoms with Gasteiger partial charge in [-0.25, -0.2) is 9.78 Å². The van der Waals surface area contributed by atoms with Crippen LogP contribution >= 0.6 is 0 Å². The fraction of sp³-hybridized carbons (Fsp3) is 0.500. The van der Waals surface area contributed by atoms with E-state index in [0.717, 1.165) is 0 Å². The number of carbonyl (C=O) groups is 3. The normalized spacial score (nSPS) is 22.8. The van der Waals surface area contributed by atoms with Gasteiger partial charge >= 0.3 is 5.97 Å². The van der Waals surface area contributed by atoms with Gasteiger partial charge in [0.25, 0.3) is 5.91 Å². The summed E-state index contributed by atoms with van der Waals surface area (Å²) in [5.41, 5.74) is 0.163. The zero-order chi connectivity index (χ0) is 20.8. The van der Waals surface area contributed by atoms with Crippen molar-refractivity contribution in [2.75, 3.05) is 7.11 Å². The number of aliphatic hydroxyl groups excluding tert-OH is 2. The molecule has 1 aromatic rings. The molecule has 1 aliphatic carbocycles. The number of nitrogens with one attached hydrogen (secondary N) is 2. The van der Waals surface area contributed by atoms with Crippen LogP contribution in [0.4, 0.5) is 0 Å². The number of amides is 2. The van der Waals surface area contributed by atoms with E-state index in [1.54, 1.807) is 13.8 Å². The summed E-state index contributed by atoms with van der Waals surface area (Å²) in [6.45, 7) is 3.50. The van der Waals surface area contributed by atoms with E-state index in [0.29, 0.717) is 0 Å². The van der Waals surface area contributed by atoms with Crippen molar-refractivity contribution < 1.29 is 29.3 Å². The Hall–Kier alpha value is -2.85. The summed E-state index contributed by atoms with van der Waals surface area (Å²) in [6.07, 6.45) is 2.65. The minimum absolute atomic E-state index is 0.0275. The first-order valence-corrected chi connectivity index (χ1v) is 8.77. The number of nitrogens with zero attached hydrogens (tertiary/aromatic N) is 2. The Kier molecular flexibility index (Phi) is 7.18. The molecular formula is C18H24N4O6. The Morgan fingerprint density at radius 2 is 1.93 bits per heavy atom. The highest BCUT2D eigenvalue weighted by atomic mass is 16.5. The fourth-order valence-corrected chi connectivity index (χ4v) is 2.76. The van der Waals surface area contributed by atoms with Crippen LogP contribution in [-0.2, 0) is 14.3 Å². The molecule has 1 heterocycles. The summed E-state index contributed by atoms with van der Waals surface area (Å²) < 4.78 is 4.69. The molecule has 4 N–H and O–H groups in total. The Bertz CT molecular complexity index is 752. The molecule has 0 unspecified atom stereocenters. The van der Waals surface area contributed by atoms with E-state index in [2.05, 4.69) is 20.6 Å². The lowest BCUT2D eigenvalue weighted by Crippen LogP contribution is -2.52. The van der Waals surface area contributed by atoms with Crippen molar-refractivity contribution >= 4 is 17.8 Å². The fourth-order valence-electron chi connectivity index (χ4n) is 2.76. The zero-order valence-corrected chi connectivity index (χ0v) is 15.8. The molecule has 0 aliphatic heterocycles. The molecule has 4 atom stereocenters. The maximum Gasteiger partial charge on any atom is 0.328 e. The quantitative estimate of drug-likeness (QED) is 0.447. The highest BCUT2D eigenvalue weighted by Crippen LogP contribution is 2.21. The highest BCUT2D eigenvalue weighted by Gasteiger charge is 2.35. The van der Waals surface area contributed by atoms with Gasteiger partial charge < -0.3 is 25.6 Å². The number of hydrogen-bond acceptors (Lipinski definition) is 8. The molecular weight excluding hydrogens is 368 g/mol. The summed E-state index contributed by atoms with van der Waals surface area (Å²) in [4.78, 5) is 44.3. The summed E-state index contributed by atoms with van der Waals surface area (Å²) in [7, 11) is 1.22. The maximum absolute atomic E-state index is 12.6. The molecule has 28 heavy (non-hydrogen) atoms. The second-order valence-electron chi connectivity index (χ2n) is 6.76. The molecule has 0 saturated carbocycles. The number of ether oxygens (including phenoxy) is 1. The minimum Gasteiger partial charge on any atom is -0.467 e. The minimum atomic E-state index is -1.31. The van der Waals surface area contributed by atoms with Gasteiger partial charge in [-0.3, -0.25) is 14.6 Å². The first-order chi connectivity index (χ1) is 13.2. The summed E-state index contributed by atoms with van der Waals surface area (Å²) in [5.74, 6) is -2.01. The maximum atomic E-state index is 12.6. The smallest absolute Gasteiger partial charge is 0.328 e. The first kappa shape index (κ1) is 21.5. The largest absolute Gasteiger partial charge is 0.467 e. The predicted molar refractivity (Wildman–Crippen MR) is 96.8 cm³/mol. The third kappa shape index (κ3) is 5.11. The molecule has 0 aromatic carbocycles. The van der Waals surface area contributed by atoms with Gasteiger partial charge in [0.2, 0.25) is 5.91 Å². The first-order valence-electron chi connectivity index (χ1n) is 8.77. The topological polar surface area (TPSA) is 151 Å². The van der Waals surface area contributed by atoms with E-state index in [1.807, 2.05) is 0 Å². The van der Waals surface area contributed by atoms with Crippen LogP contribution in [0.5, 0.6) is 0 Å². The van der Waals surface area contributed by atoms with Crippen LogP contribution < -0.4 is 10.6 Å². The molecule has 0 radical (unpaired) electrons. The molecule has 0 fully saturated rings. The lowest BCUT2D eigenvalue weighted by Gasteiger charge is -2.31. The summed E-state index contributed by atoms with van der Waals surface area (Å²) in [6, 6.07) is -1.88. The number of methoxy groups -OCH3 is 1. The lowest BCUT2D eigenvalue weighted by molar-refractivity contribution is -0.146. The van der Waals surface area contributed by atoms with E-state index < -0.39 is 42.1 Å². The molecule has 0 bridgehead atoms. The molecule has 10 heteroatoms. The standard InChI is InChI=1S/C18H24N4O6/c1-9(2)14(18(27)28-3)22-16(25)10-6-11(15(24)13(23)7-10)21-17(26)12-8-19-4-5-20-12/h4-6,8-9,11,13-15,23-24H,7H2,1-3H3,(H,21,26)(H,22,25)/t11-,13-,14-,15-/m1/s1. The molecule has 2 rings (SSSR count). The van der Waals surface area contributed by atoms with Crippen molar-refractivity contribution in [2.24, 2.45) is 5.92 Å². The van der Waals surface area contributed by atoms with E-state index in [9.17, 15) is 24.6 Å². The van der Waals surface area contributed by atoms with E-state index in [-0.39, 0.29) is 23.6 Å². The Balaban J connectivity index is 2.16. The Morgan fingerprint density at radius 1 is 1.21 bits per heavy atom. The highest BCUT2D eigenvalue weighted by molar-refractivity contribution is 5.97. The third-order valence-electron chi connectivity index (χ3n) is 4.37. The van der Waals surface area contributed by atoms with Crippen molar-refractivity contribution in [3.63, 3.8) is 0 Å². The molecule has 10 nitrogen and oxygen atoms in total. The van der Waals surface area contributed by atoms with Crippen LogP contribution in [0.15, 0.2) is 30.2 Å². The van der Waals surface area contributed by atoms with Crippen LogP contribution in [0.1, 0.15) is 30.8 Å². The monoisotopic (exact) mass is 392 g/mol. The number of rotatable bonds is 6. The van der Waals surface area contributed by atoms with Crippen molar-refractivity contribution in [1.29, 1.82) is 0 Å². The van der Waals surface area contributed by atoms with Crippen molar-refractivity contribution in [3.05, 3.63) is 35.9 Å². The van der Waals surface area contributed by atoms with Crippen LogP contribution in [0, 0.1) is 5.92 Å². The molecule has 1 aromatic heterocycles. The van der Waals surface area contributed by atoms with Gasteiger partial charge in [0, 0.05) is 24.4 Å². The van der Waals surface area contributed by atoms with Crippen LogP contribution in [0.3, 0.4) is 0 Å². The Labute approximate surface area is 162 Å². The van der Waals surface area contributed by atoms with Gasteiger partial charge in [0.1, 0.15) is 17.8 Å². The van der Waals surface area contributed by atoms with Gasteiger partial charge in [-0.2, -0.15) is 0 Å². The molecule has 0 spiro atoms. The van der Waals surface area contributed by atoms with Crippen molar-refractivity contribution in [1.82, 2.24) is 20.6 Å². The van der Waals surface area contributed by atoms with Crippen molar-refractivity contribution in [2.45, 2.75) is 44.6 Å². The SMILES string of the molecule is COC(=O)[C@H](NC(=O)C1=C[C@@H](NC(=O)c2cnccn2)[C@@H](O)[C@H](O)C1)C(C)C. The average Bonchev–Trinajstić information content (AvgIpc) is 2.68. The number of aliphatic hydroxyl groups is 2. The van der Waals surface area contributed by atoms with Gasteiger partial charge in [-0.05, 0) is 5.92 Å². The van der Waals surface area contributed by atoms with Gasteiger partial charge in [-0.15, -0.1) is 0 Å². The molecule has 152 valence electrons. The zero-order valence-electron chi connectivity index (χ0n) is 15.8. The van der Waals surface area contributed by atoms with Crippen LogP contribution in [0.2, 0.25) is 0 Å². The average molecular weight is 392 g/mol. The van der Waals surface area contributed by atoms with E-state index >= 15 is 0 Å². The predicted octanol–water partition coefficient (Wildman–Crippen LogP) is -1.06. The van der Waals surface area contributed by atoms with E-state index in [1.165, 1.54) is 31.8 Å². The van der Waals surface area contributed by atoms with Crippen LogP contribution in [0.25, 0.3) is 0 Å². The summed E-state index contributed by atoms with van der Waals surface area (Å²) in [5, 5.41) is 25.4. The van der Waals surface area contributed by atoms with Gasteiger partial charge in [0.05, 0.1) is 25.5 Å². The second-order valence-corrected chi connectivity index (χ2v) is 6.76. The van der Waals surface area contributed by atoms with E-state index in [4.69, 9.17) is 4.74 Å². The summed E-state index contributed by atoms with van der Waals surface area (Å²) >= 11 is 0.